The summed E-state index contributed by atoms with van der Waals surface area (Å²) in [6.07, 6.45) is 0. The maximum atomic E-state index is 11.1. The van der Waals surface area contributed by atoms with Gasteiger partial charge in [0.25, 0.3) is 10.1 Å². The molecule has 0 saturated heterocycles. The van der Waals surface area contributed by atoms with Crippen LogP contribution in [-0.4, -0.2) is 22.8 Å². The highest BCUT2D eigenvalue weighted by atomic mass is 32.2. The summed E-state index contributed by atoms with van der Waals surface area (Å²) in [6.45, 7) is 0. The molecule has 0 unspecified atom stereocenters. The molecule has 1 aromatic heterocycles. The van der Waals surface area contributed by atoms with Crippen molar-refractivity contribution in [3.05, 3.63) is 33.6 Å². The van der Waals surface area contributed by atoms with E-state index in [1.54, 1.807) is 0 Å². The van der Waals surface area contributed by atoms with Gasteiger partial charge in [0.2, 0.25) is 5.88 Å². The van der Waals surface area contributed by atoms with E-state index in [4.69, 9.17) is 16.8 Å². The normalized spacial score (nSPS) is 12.1. The zero-order chi connectivity index (χ0) is 14.0. The van der Waals surface area contributed by atoms with E-state index in [1.165, 1.54) is 29.6 Å². The Morgan fingerprint density at radius 3 is 2.58 bits per heavy atom. The van der Waals surface area contributed by atoms with Crippen molar-refractivity contribution in [3.63, 3.8) is 0 Å². The van der Waals surface area contributed by atoms with Gasteiger partial charge >= 0.3 is 0 Å². The van der Waals surface area contributed by atoms with Crippen molar-refractivity contribution in [1.82, 2.24) is 4.68 Å². The van der Waals surface area contributed by atoms with Crippen LogP contribution in [0, 0.1) is 3.95 Å². The van der Waals surface area contributed by atoms with E-state index in [1.807, 2.05) is 0 Å². The summed E-state index contributed by atoms with van der Waals surface area (Å²) in [6, 6.07) is 5.53. The van der Waals surface area contributed by atoms with Gasteiger partial charge in [-0.3, -0.25) is 4.55 Å². The van der Waals surface area contributed by atoms with Crippen LogP contribution in [0.5, 0.6) is 5.88 Å². The fourth-order valence-electron chi connectivity index (χ4n) is 1.23. The van der Waals surface area contributed by atoms with Crippen LogP contribution in [0.15, 0.2) is 44.9 Å². The third kappa shape index (κ3) is 3.04. The molecule has 0 bridgehead atoms. The van der Waals surface area contributed by atoms with Crippen LogP contribution in [0.25, 0.3) is 0 Å². The Morgan fingerprint density at radius 2 is 2.00 bits per heavy atom. The van der Waals surface area contributed by atoms with Crippen LogP contribution in [-0.2, 0) is 10.1 Å². The number of aromatic hydroxyl groups is 1. The molecular weight excluding hydrogens is 310 g/mol. The molecule has 0 atom stereocenters. The van der Waals surface area contributed by atoms with Crippen molar-refractivity contribution in [3.8, 4) is 5.88 Å². The zero-order valence-electron chi connectivity index (χ0n) is 9.16. The van der Waals surface area contributed by atoms with Gasteiger partial charge in [-0.05, 0) is 24.4 Å². The minimum Gasteiger partial charge on any atom is -0.493 e. The third-order valence-electron chi connectivity index (χ3n) is 2.04. The van der Waals surface area contributed by atoms with E-state index < -0.39 is 10.1 Å². The molecule has 1 aromatic carbocycles. The lowest BCUT2D eigenvalue weighted by Crippen LogP contribution is -1.97. The van der Waals surface area contributed by atoms with E-state index in [9.17, 15) is 13.5 Å². The van der Waals surface area contributed by atoms with E-state index >= 15 is 0 Å². The lowest BCUT2D eigenvalue weighted by molar-refractivity contribution is 0.424. The van der Waals surface area contributed by atoms with Crippen LogP contribution < -0.4 is 0 Å². The van der Waals surface area contributed by atoms with E-state index in [-0.39, 0.29) is 20.4 Å². The predicted octanol–water partition coefficient (Wildman–Crippen LogP) is 2.78. The van der Waals surface area contributed by atoms with Crippen molar-refractivity contribution >= 4 is 39.4 Å². The molecule has 2 aromatic rings. The summed E-state index contributed by atoms with van der Waals surface area (Å²) in [5.41, 5.74) is -0.0579. The summed E-state index contributed by atoms with van der Waals surface area (Å²) in [7, 11) is -4.39. The molecule has 0 amide bonds. The lowest BCUT2D eigenvalue weighted by atomic mass is 10.3. The van der Waals surface area contributed by atoms with Crippen molar-refractivity contribution < 1.29 is 18.1 Å². The molecule has 2 N–H and O–H groups in total. The largest absolute Gasteiger partial charge is 0.493 e. The van der Waals surface area contributed by atoms with Gasteiger partial charge in [-0.25, -0.2) is 0 Å². The molecule has 0 fully saturated rings. The first kappa shape index (κ1) is 13.8. The van der Waals surface area contributed by atoms with Crippen molar-refractivity contribution in [2.75, 3.05) is 0 Å². The Kier molecular flexibility index (Phi) is 3.75. The molecule has 7 nitrogen and oxygen atoms in total. The summed E-state index contributed by atoms with van der Waals surface area (Å²) in [5, 5.41) is 18.1. The van der Waals surface area contributed by atoms with Crippen LogP contribution in [0.1, 0.15) is 0 Å². The second-order valence-electron chi connectivity index (χ2n) is 3.30. The van der Waals surface area contributed by atoms with Gasteiger partial charge in [0.15, 0.2) is 3.95 Å². The number of nitrogens with zero attached hydrogens (tertiary/aromatic N) is 3. The van der Waals surface area contributed by atoms with Crippen LogP contribution in [0.3, 0.4) is 0 Å². The molecular formula is C9H7N3O4S3. The highest BCUT2D eigenvalue weighted by Gasteiger charge is 2.14. The smallest absolute Gasteiger partial charge is 0.296 e. The number of hydrogen-bond acceptors (Lipinski definition) is 7. The molecule has 0 aliphatic carbocycles. The van der Waals surface area contributed by atoms with Gasteiger partial charge in [-0.2, -0.15) is 13.1 Å². The molecule has 100 valence electrons. The first-order valence-electron chi connectivity index (χ1n) is 4.77. The quantitative estimate of drug-likeness (QED) is 0.514. The van der Waals surface area contributed by atoms with E-state index in [2.05, 4.69) is 10.3 Å². The van der Waals surface area contributed by atoms with Crippen LogP contribution in [0.2, 0.25) is 0 Å². The zero-order valence-corrected chi connectivity index (χ0v) is 11.6. The summed E-state index contributed by atoms with van der Waals surface area (Å²) >= 11 is 5.98. The average Bonchev–Trinajstić information content (AvgIpc) is 2.66. The van der Waals surface area contributed by atoms with Crippen LogP contribution in [0.4, 0.5) is 5.69 Å². The lowest BCUT2D eigenvalue weighted by Gasteiger charge is -2.00. The Bertz CT molecular complexity index is 791. The number of thiazole rings is 1. The Balaban J connectivity index is 2.49. The number of rotatable bonds is 3. The van der Waals surface area contributed by atoms with Gasteiger partial charge in [0, 0.05) is 0 Å². The second-order valence-corrected chi connectivity index (χ2v) is 6.20. The Labute approximate surface area is 117 Å². The van der Waals surface area contributed by atoms with Gasteiger partial charge in [-0.1, -0.05) is 17.4 Å². The number of benzene rings is 1. The molecule has 2 rings (SSSR count). The third-order valence-corrected chi connectivity index (χ3v) is 4.11. The molecule has 0 aliphatic heterocycles. The maximum absolute atomic E-state index is 11.1. The van der Waals surface area contributed by atoms with Crippen molar-refractivity contribution in [2.45, 2.75) is 4.90 Å². The van der Waals surface area contributed by atoms with Gasteiger partial charge < -0.3 is 5.11 Å². The van der Waals surface area contributed by atoms with Gasteiger partial charge in [0.05, 0.1) is 5.38 Å². The SMILES string of the molecule is O=S(=O)(O)c1ccccc1N=Nn1c(O)csc1=S. The molecule has 19 heavy (non-hydrogen) atoms. The molecule has 10 heteroatoms. The minimum absolute atomic E-state index is 0.0579. The first-order chi connectivity index (χ1) is 8.89. The van der Waals surface area contributed by atoms with Crippen molar-refractivity contribution in [1.29, 1.82) is 0 Å². The summed E-state index contributed by atoms with van der Waals surface area (Å²) in [4.78, 5) is -0.375. The highest BCUT2D eigenvalue weighted by Crippen LogP contribution is 2.25. The molecule has 0 spiro atoms. The standard InChI is InChI=1S/C9H7N3O4S3/c13-8-5-18-9(17)12(8)11-10-6-3-1-2-4-7(6)19(14,15)16/h1-5,13H,(H,14,15,16). The van der Waals surface area contributed by atoms with Gasteiger partial charge in [-0.15, -0.1) is 16.5 Å². The first-order valence-corrected chi connectivity index (χ1v) is 7.50. The van der Waals surface area contributed by atoms with E-state index in [0.717, 1.165) is 16.0 Å². The minimum atomic E-state index is -4.39. The predicted molar refractivity (Wildman–Crippen MR) is 71.0 cm³/mol. The van der Waals surface area contributed by atoms with Crippen LogP contribution >= 0.6 is 23.6 Å². The summed E-state index contributed by atoms with van der Waals surface area (Å²) < 4.78 is 32.5. The second kappa shape index (κ2) is 5.17. The monoisotopic (exact) mass is 317 g/mol. The topological polar surface area (TPSA) is 104 Å². The van der Waals surface area contributed by atoms with E-state index in [0.29, 0.717) is 0 Å². The maximum Gasteiger partial charge on any atom is 0.296 e. The molecule has 0 radical (unpaired) electrons. The summed E-state index contributed by atoms with van der Waals surface area (Å²) in [5.74, 6) is -0.205. The fraction of sp³-hybridized carbons (Fsp3) is 0. The average molecular weight is 317 g/mol. The number of hydrogen-bond donors (Lipinski definition) is 2. The molecule has 0 saturated carbocycles. The Morgan fingerprint density at radius 1 is 1.32 bits per heavy atom. The number of aromatic nitrogens is 1. The molecule has 1 heterocycles. The fourth-order valence-corrected chi connectivity index (χ4v) is 2.66. The van der Waals surface area contributed by atoms with Gasteiger partial charge in [0.1, 0.15) is 10.6 Å². The highest BCUT2D eigenvalue weighted by molar-refractivity contribution is 7.86. The van der Waals surface area contributed by atoms with Crippen molar-refractivity contribution in [2.24, 2.45) is 10.3 Å². The Hall–Kier alpha value is -1.62. The molecule has 0 aliphatic rings.